The SMILES string of the molecule is COCc1ccc(C2CCC2)c(CNC(=O)Nc2c(C)c(=O)[nH]n2-c2ccccc2)c1. The second-order valence-corrected chi connectivity index (χ2v) is 7.99. The molecule has 3 N–H and O–H groups in total. The third-order valence-corrected chi connectivity index (χ3v) is 5.88. The molecule has 1 aromatic heterocycles. The zero-order valence-electron chi connectivity index (χ0n) is 17.9. The van der Waals surface area contributed by atoms with Gasteiger partial charge in [0.1, 0.15) is 5.82 Å². The number of hydrogen-bond donors (Lipinski definition) is 3. The molecule has 1 aliphatic rings. The van der Waals surface area contributed by atoms with Crippen LogP contribution in [0.4, 0.5) is 10.6 Å². The molecule has 1 saturated carbocycles. The number of nitrogens with zero attached hydrogens (tertiary/aromatic N) is 1. The van der Waals surface area contributed by atoms with Gasteiger partial charge < -0.3 is 10.1 Å². The molecule has 2 aromatic carbocycles. The maximum Gasteiger partial charge on any atom is 0.320 e. The molecule has 1 fully saturated rings. The van der Waals surface area contributed by atoms with Crippen LogP contribution < -0.4 is 16.2 Å². The first-order chi connectivity index (χ1) is 15.1. The molecule has 7 heteroatoms. The van der Waals surface area contributed by atoms with Gasteiger partial charge in [0.2, 0.25) is 0 Å². The molecule has 3 aromatic rings. The van der Waals surface area contributed by atoms with Crippen molar-refractivity contribution in [3.05, 3.63) is 81.1 Å². The third-order valence-electron chi connectivity index (χ3n) is 5.88. The smallest absolute Gasteiger partial charge is 0.320 e. The van der Waals surface area contributed by atoms with Crippen LogP contribution >= 0.6 is 0 Å². The van der Waals surface area contributed by atoms with Crippen molar-refractivity contribution in [3.8, 4) is 5.69 Å². The summed E-state index contributed by atoms with van der Waals surface area (Å²) >= 11 is 0. The Labute approximate surface area is 181 Å². The van der Waals surface area contributed by atoms with Crippen molar-refractivity contribution >= 4 is 11.8 Å². The Morgan fingerprint density at radius 3 is 2.65 bits per heavy atom. The summed E-state index contributed by atoms with van der Waals surface area (Å²) in [5.41, 5.74) is 4.48. The number of ether oxygens (including phenoxy) is 1. The Balaban J connectivity index is 1.51. The van der Waals surface area contributed by atoms with Gasteiger partial charge in [-0.05, 0) is 54.5 Å². The van der Waals surface area contributed by atoms with Gasteiger partial charge in [-0.15, -0.1) is 0 Å². The number of aromatic nitrogens is 2. The highest BCUT2D eigenvalue weighted by molar-refractivity contribution is 5.89. The molecule has 0 unspecified atom stereocenters. The molecule has 7 nitrogen and oxygen atoms in total. The highest BCUT2D eigenvalue weighted by Crippen LogP contribution is 2.38. The van der Waals surface area contributed by atoms with Gasteiger partial charge in [-0.25, -0.2) is 9.48 Å². The summed E-state index contributed by atoms with van der Waals surface area (Å²) in [4.78, 5) is 24.9. The van der Waals surface area contributed by atoms with Crippen molar-refractivity contribution in [1.29, 1.82) is 0 Å². The van der Waals surface area contributed by atoms with E-state index in [2.05, 4.69) is 33.9 Å². The summed E-state index contributed by atoms with van der Waals surface area (Å²) in [7, 11) is 1.68. The Kier molecular flexibility index (Phi) is 6.23. The van der Waals surface area contributed by atoms with Crippen LogP contribution in [0.15, 0.2) is 53.3 Å². The molecule has 0 saturated heterocycles. The lowest BCUT2D eigenvalue weighted by atomic mass is 9.78. The topological polar surface area (TPSA) is 88.2 Å². The van der Waals surface area contributed by atoms with Crippen molar-refractivity contribution in [2.75, 3.05) is 12.4 Å². The predicted molar refractivity (Wildman–Crippen MR) is 121 cm³/mol. The highest BCUT2D eigenvalue weighted by atomic mass is 16.5. The number of anilines is 1. The number of benzene rings is 2. The zero-order chi connectivity index (χ0) is 21.8. The number of amides is 2. The Bertz CT molecular complexity index is 1110. The zero-order valence-corrected chi connectivity index (χ0v) is 17.9. The molecule has 31 heavy (non-hydrogen) atoms. The van der Waals surface area contributed by atoms with Crippen molar-refractivity contribution in [2.45, 2.75) is 45.3 Å². The van der Waals surface area contributed by atoms with Crippen LogP contribution in [0.3, 0.4) is 0 Å². The van der Waals surface area contributed by atoms with Gasteiger partial charge >= 0.3 is 6.03 Å². The highest BCUT2D eigenvalue weighted by Gasteiger charge is 2.22. The number of aromatic amines is 1. The molecule has 0 spiro atoms. The number of carbonyl (C=O) groups is 1. The van der Waals surface area contributed by atoms with E-state index in [1.807, 2.05) is 30.3 Å². The first-order valence-electron chi connectivity index (χ1n) is 10.6. The van der Waals surface area contributed by atoms with E-state index in [1.54, 1.807) is 18.7 Å². The summed E-state index contributed by atoms with van der Waals surface area (Å²) in [6, 6.07) is 15.4. The van der Waals surface area contributed by atoms with Crippen molar-refractivity contribution in [2.24, 2.45) is 0 Å². The van der Waals surface area contributed by atoms with Gasteiger partial charge in [-0.3, -0.25) is 15.2 Å². The quantitative estimate of drug-likeness (QED) is 0.535. The maximum atomic E-state index is 12.7. The minimum absolute atomic E-state index is 0.237. The fraction of sp³-hybridized carbons (Fsp3) is 0.333. The van der Waals surface area contributed by atoms with Crippen LogP contribution in [0.25, 0.3) is 5.69 Å². The average Bonchev–Trinajstić information content (AvgIpc) is 3.01. The summed E-state index contributed by atoms with van der Waals surface area (Å²) < 4.78 is 6.86. The van der Waals surface area contributed by atoms with Crippen LogP contribution in [-0.4, -0.2) is 22.9 Å². The van der Waals surface area contributed by atoms with Gasteiger partial charge in [-0.2, -0.15) is 0 Å². The van der Waals surface area contributed by atoms with Crippen LogP contribution in [0, 0.1) is 6.92 Å². The third kappa shape index (κ3) is 4.56. The second kappa shape index (κ2) is 9.22. The van der Waals surface area contributed by atoms with E-state index >= 15 is 0 Å². The Hall–Kier alpha value is -3.32. The monoisotopic (exact) mass is 420 g/mol. The van der Waals surface area contributed by atoms with Crippen LogP contribution in [0.1, 0.15) is 47.4 Å². The first kappa shape index (κ1) is 20.9. The lowest BCUT2D eigenvalue weighted by Gasteiger charge is -2.28. The largest absolute Gasteiger partial charge is 0.380 e. The fourth-order valence-corrected chi connectivity index (χ4v) is 3.95. The van der Waals surface area contributed by atoms with Gasteiger partial charge in [0.25, 0.3) is 5.56 Å². The summed E-state index contributed by atoms with van der Waals surface area (Å²) in [6.07, 6.45) is 3.63. The van der Waals surface area contributed by atoms with E-state index in [4.69, 9.17) is 4.74 Å². The van der Waals surface area contributed by atoms with E-state index in [1.165, 1.54) is 24.8 Å². The minimum Gasteiger partial charge on any atom is -0.380 e. The number of methoxy groups -OCH3 is 1. The molecule has 2 amide bonds. The number of urea groups is 1. The lowest BCUT2D eigenvalue weighted by Crippen LogP contribution is -2.30. The molecule has 1 heterocycles. The molecule has 162 valence electrons. The van der Waals surface area contributed by atoms with Crippen molar-refractivity contribution < 1.29 is 9.53 Å². The van der Waals surface area contributed by atoms with E-state index in [-0.39, 0.29) is 11.6 Å². The number of hydrogen-bond acceptors (Lipinski definition) is 3. The average molecular weight is 421 g/mol. The molecule has 1 aliphatic carbocycles. The molecule has 0 aliphatic heterocycles. The first-order valence-corrected chi connectivity index (χ1v) is 10.6. The summed E-state index contributed by atoms with van der Waals surface area (Å²) in [5.74, 6) is 0.993. The fourth-order valence-electron chi connectivity index (χ4n) is 3.95. The lowest BCUT2D eigenvalue weighted by molar-refractivity contribution is 0.185. The number of H-pyrrole nitrogens is 1. The van der Waals surface area contributed by atoms with Gasteiger partial charge in [-0.1, -0.05) is 42.8 Å². The number of para-hydroxylation sites is 1. The Morgan fingerprint density at radius 1 is 1.19 bits per heavy atom. The molecule has 0 atom stereocenters. The van der Waals surface area contributed by atoms with E-state index in [0.717, 1.165) is 16.8 Å². The molecule has 0 bridgehead atoms. The van der Waals surface area contributed by atoms with Crippen LogP contribution in [0.2, 0.25) is 0 Å². The molecule has 4 rings (SSSR count). The number of carbonyl (C=O) groups excluding carboxylic acids is 1. The number of nitrogens with one attached hydrogen (secondary N) is 3. The Morgan fingerprint density at radius 2 is 1.97 bits per heavy atom. The summed E-state index contributed by atoms with van der Waals surface area (Å²) in [5, 5.41) is 8.57. The van der Waals surface area contributed by atoms with E-state index in [9.17, 15) is 9.59 Å². The molecular formula is C24H28N4O3. The van der Waals surface area contributed by atoms with Crippen LogP contribution in [0.5, 0.6) is 0 Å². The van der Waals surface area contributed by atoms with Crippen molar-refractivity contribution in [1.82, 2.24) is 15.1 Å². The van der Waals surface area contributed by atoms with Crippen LogP contribution in [-0.2, 0) is 17.9 Å². The standard InChI is InChI=1S/C24H28N4O3/c1-16-22(28(27-23(16)29)20-9-4-3-5-10-20)26-24(30)25-14-19-13-17(15-31-2)11-12-21(19)18-7-6-8-18/h3-5,9-13,18H,6-8,14-15H2,1-2H3,(H,27,29)(H2,25,26,30). The summed E-state index contributed by atoms with van der Waals surface area (Å²) in [6.45, 7) is 2.64. The van der Waals surface area contributed by atoms with E-state index in [0.29, 0.717) is 30.5 Å². The maximum absolute atomic E-state index is 12.7. The number of rotatable bonds is 7. The predicted octanol–water partition coefficient (Wildman–Crippen LogP) is 4.21. The minimum atomic E-state index is -0.358. The van der Waals surface area contributed by atoms with Crippen molar-refractivity contribution in [3.63, 3.8) is 0 Å². The second-order valence-electron chi connectivity index (χ2n) is 7.99. The van der Waals surface area contributed by atoms with E-state index < -0.39 is 0 Å². The van der Waals surface area contributed by atoms with Gasteiger partial charge in [0, 0.05) is 13.7 Å². The van der Waals surface area contributed by atoms with Gasteiger partial charge in [0.15, 0.2) is 0 Å². The molecule has 0 radical (unpaired) electrons. The van der Waals surface area contributed by atoms with Gasteiger partial charge in [0.05, 0.1) is 17.9 Å². The normalized spacial score (nSPS) is 13.6. The molecular weight excluding hydrogens is 392 g/mol.